The summed E-state index contributed by atoms with van der Waals surface area (Å²) in [5, 5.41) is 25.4. The quantitative estimate of drug-likeness (QED) is 0.0502. The number of nitrogens with one attached hydrogen (secondary N) is 4. The number of ether oxygens (including phenoxy) is 1. The highest BCUT2D eigenvalue weighted by atomic mass is 19.2. The number of anilines is 8. The topological polar surface area (TPSA) is 262 Å². The number of esters is 1. The first-order valence-corrected chi connectivity index (χ1v) is 25.6. The minimum atomic E-state index is -1.03. The van der Waals surface area contributed by atoms with E-state index in [2.05, 4.69) is 61.4 Å². The molecule has 6 N–H and O–H groups in total. The van der Waals surface area contributed by atoms with Crippen LogP contribution in [0.4, 0.5) is 64.0 Å². The van der Waals surface area contributed by atoms with Gasteiger partial charge in [0.05, 0.1) is 30.9 Å². The average Bonchev–Trinajstić information content (AvgIpc) is 4.12. The van der Waals surface area contributed by atoms with Gasteiger partial charge in [-0.15, -0.1) is 10.2 Å². The van der Waals surface area contributed by atoms with Crippen molar-refractivity contribution in [3.8, 4) is 0 Å². The molecule has 24 heteroatoms. The molecule has 6 aromatic rings. The summed E-state index contributed by atoms with van der Waals surface area (Å²) in [6.45, 7) is 3.65. The van der Waals surface area contributed by atoms with Crippen molar-refractivity contribution >= 4 is 70.1 Å². The van der Waals surface area contributed by atoms with E-state index in [0.717, 1.165) is 139 Å². The van der Waals surface area contributed by atoms with E-state index in [-0.39, 0.29) is 47.1 Å². The second-order valence-corrected chi connectivity index (χ2v) is 20.4. The molecule has 77 heavy (non-hydrogen) atoms. The Labute approximate surface area is 440 Å². The Kier molecular flexibility index (Phi) is 16.6. The minimum absolute atomic E-state index is 0.116. The Morgan fingerprint density at radius 3 is 1.34 bits per heavy atom. The predicted molar refractivity (Wildman–Crippen MR) is 274 cm³/mol. The van der Waals surface area contributed by atoms with Crippen molar-refractivity contribution in [1.82, 2.24) is 30.4 Å². The van der Waals surface area contributed by atoms with Crippen molar-refractivity contribution < 1.29 is 50.3 Å². The maximum Gasteiger partial charge on any atom is 0.320 e. The number of nitrogens with two attached hydrogens (primary N) is 1. The minimum Gasteiger partial charge on any atom is -0.469 e. The summed E-state index contributed by atoms with van der Waals surface area (Å²) < 4.78 is 68.3. The van der Waals surface area contributed by atoms with Crippen LogP contribution in [0.3, 0.4) is 0 Å². The summed E-state index contributed by atoms with van der Waals surface area (Å²) in [7, 11) is 1.45. The van der Waals surface area contributed by atoms with Gasteiger partial charge in [0.2, 0.25) is 5.91 Å². The Bertz CT molecular complexity index is 3020. The molecular weight excluding hydrogens is 1010 g/mol. The summed E-state index contributed by atoms with van der Waals surface area (Å²) in [4.78, 5) is 61.4. The van der Waals surface area contributed by atoms with E-state index >= 15 is 0 Å². The van der Waals surface area contributed by atoms with Crippen molar-refractivity contribution in [3.05, 3.63) is 108 Å². The summed E-state index contributed by atoms with van der Waals surface area (Å²) in [5.41, 5.74) is 7.38. The molecule has 2 spiro atoms. The van der Waals surface area contributed by atoms with Crippen LogP contribution in [0.25, 0.3) is 0 Å². The summed E-state index contributed by atoms with van der Waals surface area (Å²) in [5.74, 6) is -3.65. The van der Waals surface area contributed by atoms with Crippen LogP contribution in [-0.4, -0.2) is 87.3 Å². The monoisotopic (exact) mass is 1070 g/mol. The van der Waals surface area contributed by atoms with Gasteiger partial charge >= 0.3 is 41.6 Å². The summed E-state index contributed by atoms with van der Waals surface area (Å²) in [6.07, 6.45) is 17.4. The molecule has 406 valence electrons. The number of methoxy groups -OCH3 is 1. The first kappa shape index (κ1) is 53.6. The van der Waals surface area contributed by atoms with Crippen LogP contribution in [0.15, 0.2) is 81.9 Å². The number of rotatable bonds is 14. The van der Waals surface area contributed by atoms with Gasteiger partial charge in [0, 0.05) is 62.5 Å². The number of amides is 3. The lowest BCUT2D eigenvalue weighted by molar-refractivity contribution is -0.142. The number of halogens is 4. The molecule has 4 fully saturated rings. The van der Waals surface area contributed by atoms with E-state index in [1.807, 2.05) is 12.1 Å². The van der Waals surface area contributed by atoms with Crippen LogP contribution in [0.5, 0.6) is 0 Å². The number of carbonyl (C=O) groups excluding carboxylic acids is 4. The van der Waals surface area contributed by atoms with Gasteiger partial charge in [0.1, 0.15) is 11.6 Å². The highest BCUT2D eigenvalue weighted by molar-refractivity contribution is 6.01. The van der Waals surface area contributed by atoms with E-state index in [0.29, 0.717) is 46.9 Å². The Hall–Kier alpha value is -8.18. The normalized spacial score (nSPS) is 18.0. The number of benzene rings is 2. The third kappa shape index (κ3) is 13.8. The lowest BCUT2D eigenvalue weighted by Gasteiger charge is -2.46. The predicted octanol–water partition coefficient (Wildman–Crippen LogP) is 9.47. The molecule has 3 amide bonds. The zero-order chi connectivity index (χ0) is 54.1. The third-order valence-corrected chi connectivity index (χ3v) is 15.4. The van der Waals surface area contributed by atoms with Crippen molar-refractivity contribution in [2.75, 3.05) is 64.4 Å². The maximum absolute atomic E-state index is 13.4. The molecule has 0 unspecified atom stereocenters. The molecule has 20 nitrogen and oxygen atoms in total. The lowest BCUT2D eigenvalue weighted by atomic mass is 9.65. The molecule has 6 heterocycles. The maximum atomic E-state index is 13.4. The number of aromatic nitrogens is 6. The summed E-state index contributed by atoms with van der Waals surface area (Å²) >= 11 is 0. The lowest BCUT2D eigenvalue weighted by Crippen LogP contribution is -2.42. The van der Waals surface area contributed by atoms with E-state index in [4.69, 9.17) is 19.3 Å². The van der Waals surface area contributed by atoms with Crippen LogP contribution in [0, 0.1) is 45.9 Å². The molecule has 0 radical (unpaired) electrons. The number of hydrogen-bond acceptors (Lipinski definition) is 17. The fourth-order valence-electron chi connectivity index (χ4n) is 10.8. The molecule has 2 aliphatic heterocycles. The number of piperidine rings is 2. The smallest absolute Gasteiger partial charge is 0.320 e. The van der Waals surface area contributed by atoms with Gasteiger partial charge in [0.25, 0.3) is 0 Å². The number of nitrogens with zero attached hydrogens (tertiary/aromatic N) is 8. The average molecular weight is 1070 g/mol. The number of primary amides is 1. The fraction of sp³-hybridized carbons (Fsp3) is 0.434. The largest absolute Gasteiger partial charge is 0.469 e. The van der Waals surface area contributed by atoms with Crippen LogP contribution < -0.4 is 36.8 Å². The molecule has 10 rings (SSSR count). The molecule has 2 aliphatic carbocycles. The second kappa shape index (κ2) is 23.8. The highest BCUT2D eigenvalue weighted by Gasteiger charge is 2.40. The number of pyridine rings is 2. The molecule has 0 bridgehead atoms. The van der Waals surface area contributed by atoms with Crippen LogP contribution in [-0.2, 0) is 14.3 Å². The first-order valence-electron chi connectivity index (χ1n) is 25.6. The molecule has 0 atom stereocenters. The van der Waals surface area contributed by atoms with Crippen LogP contribution >= 0.6 is 0 Å². The fourth-order valence-corrected chi connectivity index (χ4v) is 10.8. The molecule has 2 saturated carbocycles. The van der Waals surface area contributed by atoms with Crippen LogP contribution in [0.1, 0.15) is 111 Å². The Morgan fingerprint density at radius 1 is 0.571 bits per heavy atom. The zero-order valence-electron chi connectivity index (χ0n) is 42.3. The van der Waals surface area contributed by atoms with E-state index in [1.165, 1.54) is 19.2 Å². The highest BCUT2D eigenvalue weighted by Crippen LogP contribution is 2.49. The van der Waals surface area contributed by atoms with E-state index in [9.17, 15) is 36.7 Å². The van der Waals surface area contributed by atoms with Crippen molar-refractivity contribution in [2.24, 2.45) is 28.4 Å². The molecule has 4 aliphatic rings. The second-order valence-electron chi connectivity index (χ2n) is 20.4. The number of hydrogen-bond donors (Lipinski definition) is 5. The van der Waals surface area contributed by atoms with E-state index < -0.39 is 35.1 Å². The van der Waals surface area contributed by atoms with Gasteiger partial charge in [-0.3, -0.25) is 19.2 Å². The Balaban J connectivity index is 0.000000188. The standard InChI is InChI=1S/C27H30F2N6O4.C26H29F2N7O3/c1-38-23(36)14-17-6-8-27(9-7-17)10-12-35(13-11-27)22-5-3-19(16-30-22)31-24(37)25-33-34-26(39-25)32-18-2-4-20(28)21(29)15-18;27-19-3-1-17(14-20(19)28)32-25-34-33-24(38-25)23(37)31-18-2-4-22(30-15-18)35-11-9-26(10-12-35)7-5-16(6-8-26)13-21(29)36/h2-5,15-17H,6-14H2,1H3,(H,31,37)(H,32,34);1-4,14-16H,5-13H2,(H2,29,36)(H,31,37)(H,32,34). The van der Waals surface area contributed by atoms with Gasteiger partial charge < -0.3 is 50.4 Å². The van der Waals surface area contributed by atoms with Gasteiger partial charge in [-0.05, 0) is 148 Å². The van der Waals surface area contributed by atoms with E-state index in [1.54, 1.807) is 24.5 Å². The summed E-state index contributed by atoms with van der Waals surface area (Å²) in [6, 6.07) is 13.4. The van der Waals surface area contributed by atoms with Gasteiger partial charge in [0.15, 0.2) is 23.3 Å². The molecule has 4 aromatic heterocycles. The zero-order valence-corrected chi connectivity index (χ0v) is 42.3. The molecule has 2 saturated heterocycles. The molecule has 2 aromatic carbocycles. The van der Waals surface area contributed by atoms with Gasteiger partial charge in [-0.25, -0.2) is 27.5 Å². The Morgan fingerprint density at radius 2 is 0.974 bits per heavy atom. The van der Waals surface area contributed by atoms with Crippen molar-refractivity contribution in [2.45, 2.75) is 89.9 Å². The van der Waals surface area contributed by atoms with Crippen LogP contribution in [0.2, 0.25) is 0 Å². The van der Waals surface area contributed by atoms with Crippen molar-refractivity contribution in [3.63, 3.8) is 0 Å². The SMILES string of the molecule is COC(=O)CC1CCC2(CC1)CCN(c1ccc(NC(=O)c3nnc(Nc4ccc(F)c(F)c4)o3)cn1)CC2.NC(=O)CC1CCC2(CC1)CCN(c1ccc(NC(=O)c3nnc(Nc4ccc(F)c(F)c4)o3)cn1)CC2. The number of carbonyl (C=O) groups is 4. The van der Waals surface area contributed by atoms with Gasteiger partial charge in [-0.1, -0.05) is 10.2 Å². The van der Waals surface area contributed by atoms with Gasteiger partial charge in [-0.2, -0.15) is 0 Å². The first-order chi connectivity index (χ1) is 37.1. The molecular formula is C53H59F4N13O7. The van der Waals surface area contributed by atoms with Crippen molar-refractivity contribution in [1.29, 1.82) is 0 Å². The third-order valence-electron chi connectivity index (χ3n) is 15.4.